The summed E-state index contributed by atoms with van der Waals surface area (Å²) in [5.74, 6) is 0. The number of nitrogens with one attached hydrogen (secondary N) is 1. The average Bonchev–Trinajstić information content (AvgIpc) is 2.45. The molecule has 1 atom stereocenters. The summed E-state index contributed by atoms with van der Waals surface area (Å²) in [6, 6.07) is 8.43. The second-order valence-corrected chi connectivity index (χ2v) is 5.56. The van der Waals surface area contributed by atoms with Gasteiger partial charge < -0.3 is 5.32 Å². The first-order chi connectivity index (χ1) is 9.52. The molecule has 1 aromatic heterocycles. The Balaban J connectivity index is 2.24. The lowest BCUT2D eigenvalue weighted by Gasteiger charge is -2.17. The summed E-state index contributed by atoms with van der Waals surface area (Å²) in [4.78, 5) is 12.0. The van der Waals surface area contributed by atoms with Crippen molar-refractivity contribution in [2.45, 2.75) is 33.4 Å². The molecule has 0 radical (unpaired) electrons. The maximum atomic E-state index is 12.0. The Hall–Kier alpha value is -1.62. The fraction of sp³-hybridized carbons (Fsp3) is 0.333. The van der Waals surface area contributed by atoms with Gasteiger partial charge in [0.05, 0.1) is 11.9 Å². The molecule has 0 saturated heterocycles. The fourth-order valence-electron chi connectivity index (χ4n) is 1.96. The van der Waals surface area contributed by atoms with E-state index in [1.807, 2.05) is 6.92 Å². The largest absolute Gasteiger partial charge is 0.376 e. The first kappa shape index (κ1) is 14.8. The summed E-state index contributed by atoms with van der Waals surface area (Å²) >= 11 is 3.35. The Morgan fingerprint density at radius 1 is 1.35 bits per heavy atom. The highest BCUT2D eigenvalue weighted by molar-refractivity contribution is 9.10. The number of hydrogen-bond donors (Lipinski definition) is 1. The molecule has 0 saturated carbocycles. The number of aromatic nitrogens is 2. The molecule has 0 amide bonds. The lowest BCUT2D eigenvalue weighted by Crippen LogP contribution is -2.24. The molecule has 2 aromatic rings. The molecule has 0 aliphatic heterocycles. The van der Waals surface area contributed by atoms with E-state index < -0.39 is 0 Å². The van der Waals surface area contributed by atoms with E-state index in [-0.39, 0.29) is 11.6 Å². The molecule has 2 rings (SSSR count). The van der Waals surface area contributed by atoms with E-state index in [4.69, 9.17) is 0 Å². The maximum absolute atomic E-state index is 12.0. The smallest absolute Gasteiger partial charge is 0.283 e. The van der Waals surface area contributed by atoms with E-state index in [0.717, 1.165) is 0 Å². The van der Waals surface area contributed by atoms with Crippen molar-refractivity contribution < 1.29 is 0 Å². The molecule has 1 aromatic carbocycles. The van der Waals surface area contributed by atoms with Crippen LogP contribution in [-0.2, 0) is 6.54 Å². The maximum Gasteiger partial charge on any atom is 0.283 e. The van der Waals surface area contributed by atoms with Gasteiger partial charge in [0, 0.05) is 12.6 Å². The summed E-state index contributed by atoms with van der Waals surface area (Å²) in [6.45, 7) is 6.57. The van der Waals surface area contributed by atoms with Gasteiger partial charge in [-0.2, -0.15) is 5.10 Å². The van der Waals surface area contributed by atoms with Gasteiger partial charge in [-0.15, -0.1) is 0 Å². The SMILES string of the molecule is CCn1ncc(NC(C)c2ccc(C)cc2)c(Br)c1=O. The normalized spacial score (nSPS) is 12.2. The molecule has 4 nitrogen and oxygen atoms in total. The van der Waals surface area contributed by atoms with Crippen LogP contribution in [0.3, 0.4) is 0 Å². The van der Waals surface area contributed by atoms with Crippen molar-refractivity contribution in [2.24, 2.45) is 0 Å². The van der Waals surface area contributed by atoms with Crippen molar-refractivity contribution in [3.05, 3.63) is 56.4 Å². The van der Waals surface area contributed by atoms with Gasteiger partial charge in [-0.25, -0.2) is 4.68 Å². The third kappa shape index (κ3) is 3.10. The predicted octanol–water partition coefficient (Wildman–Crippen LogP) is 3.51. The van der Waals surface area contributed by atoms with Crippen LogP contribution in [0.1, 0.15) is 31.0 Å². The Labute approximate surface area is 127 Å². The standard InChI is InChI=1S/C15H18BrN3O/c1-4-19-15(20)14(16)13(9-17-19)18-11(3)12-7-5-10(2)6-8-12/h5-9,11,18H,4H2,1-3H3. The molecule has 1 N–H and O–H groups in total. The van der Waals surface area contributed by atoms with Gasteiger partial charge in [0.15, 0.2) is 0 Å². The lowest BCUT2D eigenvalue weighted by molar-refractivity contribution is 0.612. The predicted molar refractivity (Wildman–Crippen MR) is 85.1 cm³/mol. The van der Waals surface area contributed by atoms with Crippen LogP contribution in [0.15, 0.2) is 39.7 Å². The quantitative estimate of drug-likeness (QED) is 0.929. The second kappa shape index (κ2) is 6.22. The molecule has 5 heteroatoms. The Kier molecular flexibility index (Phi) is 4.60. The van der Waals surface area contributed by atoms with Gasteiger partial charge in [0.1, 0.15) is 4.47 Å². The zero-order chi connectivity index (χ0) is 14.7. The number of hydrogen-bond acceptors (Lipinski definition) is 3. The van der Waals surface area contributed by atoms with Crippen LogP contribution < -0.4 is 10.9 Å². The lowest BCUT2D eigenvalue weighted by atomic mass is 10.1. The van der Waals surface area contributed by atoms with Crippen molar-refractivity contribution >= 4 is 21.6 Å². The number of rotatable bonds is 4. The number of aryl methyl sites for hydroxylation is 2. The van der Waals surface area contributed by atoms with Crippen molar-refractivity contribution in [3.63, 3.8) is 0 Å². The second-order valence-electron chi connectivity index (χ2n) is 4.77. The van der Waals surface area contributed by atoms with Crippen LogP contribution in [0.25, 0.3) is 0 Å². The van der Waals surface area contributed by atoms with Crippen LogP contribution in [0.5, 0.6) is 0 Å². The third-order valence-corrected chi connectivity index (χ3v) is 4.00. The summed E-state index contributed by atoms with van der Waals surface area (Å²) in [5, 5.41) is 7.45. The Morgan fingerprint density at radius 3 is 2.60 bits per heavy atom. The minimum absolute atomic E-state index is 0.102. The molecular formula is C15H18BrN3O. The summed E-state index contributed by atoms with van der Waals surface area (Å²) in [6.07, 6.45) is 1.68. The van der Waals surface area contributed by atoms with E-state index in [0.29, 0.717) is 16.7 Å². The molecule has 1 unspecified atom stereocenters. The fourth-order valence-corrected chi connectivity index (χ4v) is 2.38. The molecular weight excluding hydrogens is 318 g/mol. The van der Waals surface area contributed by atoms with E-state index in [2.05, 4.69) is 64.5 Å². The average molecular weight is 336 g/mol. The van der Waals surface area contributed by atoms with Gasteiger partial charge in [0.25, 0.3) is 5.56 Å². The van der Waals surface area contributed by atoms with Crippen LogP contribution in [0.4, 0.5) is 5.69 Å². The third-order valence-electron chi connectivity index (χ3n) is 3.23. The topological polar surface area (TPSA) is 46.9 Å². The van der Waals surface area contributed by atoms with Crippen LogP contribution in [-0.4, -0.2) is 9.78 Å². The minimum atomic E-state index is -0.117. The van der Waals surface area contributed by atoms with Gasteiger partial charge >= 0.3 is 0 Å². The van der Waals surface area contributed by atoms with Crippen LogP contribution in [0.2, 0.25) is 0 Å². The van der Waals surface area contributed by atoms with E-state index in [9.17, 15) is 4.79 Å². The molecule has 0 fully saturated rings. The monoisotopic (exact) mass is 335 g/mol. The number of nitrogens with zero attached hydrogens (tertiary/aromatic N) is 2. The Morgan fingerprint density at radius 2 is 2.00 bits per heavy atom. The highest BCUT2D eigenvalue weighted by Crippen LogP contribution is 2.23. The molecule has 0 aliphatic rings. The van der Waals surface area contributed by atoms with Crippen LogP contribution in [0, 0.1) is 6.92 Å². The van der Waals surface area contributed by atoms with Gasteiger partial charge in [-0.1, -0.05) is 29.8 Å². The van der Waals surface area contributed by atoms with Crippen molar-refractivity contribution in [2.75, 3.05) is 5.32 Å². The molecule has 0 spiro atoms. The molecule has 0 aliphatic carbocycles. The first-order valence-corrected chi connectivity index (χ1v) is 7.41. The minimum Gasteiger partial charge on any atom is -0.376 e. The van der Waals surface area contributed by atoms with Crippen molar-refractivity contribution in [1.82, 2.24) is 9.78 Å². The highest BCUT2D eigenvalue weighted by Gasteiger charge is 2.11. The first-order valence-electron chi connectivity index (χ1n) is 6.61. The van der Waals surface area contributed by atoms with E-state index in [1.54, 1.807) is 6.20 Å². The number of benzene rings is 1. The summed E-state index contributed by atoms with van der Waals surface area (Å²) in [5.41, 5.74) is 3.00. The zero-order valence-corrected chi connectivity index (χ0v) is 13.4. The van der Waals surface area contributed by atoms with E-state index >= 15 is 0 Å². The summed E-state index contributed by atoms with van der Waals surface area (Å²) < 4.78 is 1.94. The van der Waals surface area contributed by atoms with Gasteiger partial charge in [-0.05, 0) is 42.3 Å². The number of anilines is 1. The van der Waals surface area contributed by atoms with Crippen molar-refractivity contribution in [3.8, 4) is 0 Å². The highest BCUT2D eigenvalue weighted by atomic mass is 79.9. The van der Waals surface area contributed by atoms with Crippen molar-refractivity contribution in [1.29, 1.82) is 0 Å². The Bertz CT molecular complexity index is 649. The molecule has 20 heavy (non-hydrogen) atoms. The van der Waals surface area contributed by atoms with Crippen LogP contribution >= 0.6 is 15.9 Å². The molecule has 1 heterocycles. The number of halogens is 1. The van der Waals surface area contributed by atoms with E-state index in [1.165, 1.54) is 15.8 Å². The van der Waals surface area contributed by atoms with Gasteiger partial charge in [-0.3, -0.25) is 4.79 Å². The molecule has 0 bridgehead atoms. The molecule has 106 valence electrons. The van der Waals surface area contributed by atoms with Gasteiger partial charge in [0.2, 0.25) is 0 Å². The summed E-state index contributed by atoms with van der Waals surface area (Å²) in [7, 11) is 0. The zero-order valence-electron chi connectivity index (χ0n) is 11.9.